The van der Waals surface area contributed by atoms with E-state index in [-0.39, 0.29) is 15.9 Å². The first kappa shape index (κ1) is 29.7. The molecule has 0 saturated heterocycles. The average molecular weight is 631 g/mol. The van der Waals surface area contributed by atoms with Crippen LogP contribution in [0.1, 0.15) is 16.7 Å². The van der Waals surface area contributed by atoms with Gasteiger partial charge in [0.05, 0.1) is 15.2 Å². The second-order valence-electron chi connectivity index (χ2n) is 10.0. The summed E-state index contributed by atoms with van der Waals surface area (Å²) in [5, 5.41) is 6.15. The van der Waals surface area contributed by atoms with Gasteiger partial charge in [-0.05, 0) is 41.0 Å². The molecule has 0 aliphatic heterocycles. The van der Waals surface area contributed by atoms with E-state index >= 15 is 0 Å². The number of fused-ring (bicyclic) bond motifs is 1. The highest BCUT2D eigenvalue weighted by molar-refractivity contribution is 7.91. The SMILES string of the molecule is O=C(Nc1nn(C(c2ccccc2)(c2ccccc2)c2ccccc2)c2ncc(S(=O)(=O)c3cccc(F)c3)cc12)C(F)(F)F. The van der Waals surface area contributed by atoms with Crippen molar-refractivity contribution in [2.45, 2.75) is 21.5 Å². The molecular formula is C33H22F4N4O3S. The number of anilines is 1. The molecule has 0 saturated carbocycles. The molecule has 0 bridgehead atoms. The predicted molar refractivity (Wildman–Crippen MR) is 159 cm³/mol. The molecule has 2 aromatic heterocycles. The highest BCUT2D eigenvalue weighted by Crippen LogP contribution is 2.43. The fourth-order valence-corrected chi connectivity index (χ4v) is 6.57. The Bertz CT molecular complexity index is 2020. The molecule has 0 radical (unpaired) electrons. The fraction of sp³-hybridized carbons (Fsp3) is 0.0606. The van der Waals surface area contributed by atoms with E-state index in [0.717, 1.165) is 24.4 Å². The number of carbonyl (C=O) groups excluding carboxylic acids is 1. The van der Waals surface area contributed by atoms with Gasteiger partial charge in [-0.15, -0.1) is 0 Å². The molecule has 0 aliphatic rings. The van der Waals surface area contributed by atoms with Gasteiger partial charge in [-0.3, -0.25) is 4.79 Å². The number of carbonyl (C=O) groups is 1. The topological polar surface area (TPSA) is 93.9 Å². The van der Waals surface area contributed by atoms with Gasteiger partial charge in [0.1, 0.15) is 11.4 Å². The van der Waals surface area contributed by atoms with E-state index in [1.54, 1.807) is 36.4 Å². The third-order valence-electron chi connectivity index (χ3n) is 7.30. The molecule has 4 aromatic carbocycles. The Morgan fingerprint density at radius 3 is 1.73 bits per heavy atom. The first-order valence-electron chi connectivity index (χ1n) is 13.5. The van der Waals surface area contributed by atoms with Crippen molar-refractivity contribution in [3.8, 4) is 0 Å². The number of nitrogens with one attached hydrogen (secondary N) is 1. The van der Waals surface area contributed by atoms with Crippen molar-refractivity contribution < 1.29 is 30.8 Å². The second-order valence-corrected chi connectivity index (χ2v) is 12.0. The third-order valence-corrected chi connectivity index (χ3v) is 9.01. The summed E-state index contributed by atoms with van der Waals surface area (Å²) in [7, 11) is -4.38. The number of rotatable bonds is 7. The molecule has 226 valence electrons. The maximum absolute atomic E-state index is 14.0. The molecule has 0 aliphatic carbocycles. The maximum Gasteiger partial charge on any atom is 0.471 e. The smallest absolute Gasteiger partial charge is 0.301 e. The molecular weight excluding hydrogens is 608 g/mol. The first-order valence-corrected chi connectivity index (χ1v) is 15.0. The van der Waals surface area contributed by atoms with Gasteiger partial charge in [0, 0.05) is 6.20 Å². The molecule has 7 nitrogen and oxygen atoms in total. The molecule has 0 unspecified atom stereocenters. The van der Waals surface area contributed by atoms with Crippen LogP contribution in [-0.2, 0) is 20.2 Å². The lowest BCUT2D eigenvalue weighted by atomic mass is 9.77. The van der Waals surface area contributed by atoms with Crippen molar-refractivity contribution >= 4 is 32.6 Å². The zero-order valence-electron chi connectivity index (χ0n) is 23.1. The number of halogens is 4. The molecule has 0 spiro atoms. The minimum atomic E-state index is -5.27. The lowest BCUT2D eigenvalue weighted by molar-refractivity contribution is -0.167. The Labute approximate surface area is 254 Å². The Morgan fingerprint density at radius 2 is 1.24 bits per heavy atom. The van der Waals surface area contributed by atoms with E-state index in [1.165, 1.54) is 16.8 Å². The van der Waals surface area contributed by atoms with Gasteiger partial charge < -0.3 is 5.32 Å². The van der Waals surface area contributed by atoms with Crippen LogP contribution < -0.4 is 5.32 Å². The Balaban J connectivity index is 1.71. The lowest BCUT2D eigenvalue weighted by Crippen LogP contribution is -2.39. The van der Waals surface area contributed by atoms with Crippen molar-refractivity contribution in [2.75, 3.05) is 5.32 Å². The fourth-order valence-electron chi connectivity index (χ4n) is 5.31. The molecule has 6 aromatic rings. The van der Waals surface area contributed by atoms with Crippen molar-refractivity contribution in [1.82, 2.24) is 14.8 Å². The number of alkyl halides is 3. The number of aromatic nitrogens is 3. The highest BCUT2D eigenvalue weighted by Gasteiger charge is 2.43. The third kappa shape index (κ3) is 5.22. The van der Waals surface area contributed by atoms with Gasteiger partial charge in [0.25, 0.3) is 0 Å². The van der Waals surface area contributed by atoms with E-state index in [1.807, 2.05) is 59.9 Å². The Morgan fingerprint density at radius 1 is 0.711 bits per heavy atom. The summed E-state index contributed by atoms with van der Waals surface area (Å²) in [4.78, 5) is 15.8. The van der Waals surface area contributed by atoms with Crippen molar-refractivity contribution in [2.24, 2.45) is 0 Å². The standard InChI is InChI=1S/C33H22F4N4O3S/c34-25-17-10-18-26(19-25)45(43,44)27-20-28-29(39-31(42)33(35,36)37)40-41(30(28)38-21-27)32(22-11-4-1-5-12-22,23-13-6-2-7-14-23)24-15-8-3-9-16-24/h1-21H,(H,39,40,42). The molecule has 2 heterocycles. The summed E-state index contributed by atoms with van der Waals surface area (Å²) in [5.41, 5.74) is 0.567. The largest absolute Gasteiger partial charge is 0.471 e. The van der Waals surface area contributed by atoms with Gasteiger partial charge in [0.15, 0.2) is 11.5 Å². The molecule has 1 N–H and O–H groups in total. The quantitative estimate of drug-likeness (QED) is 0.156. The zero-order chi connectivity index (χ0) is 31.8. The van der Waals surface area contributed by atoms with E-state index in [4.69, 9.17) is 0 Å². The van der Waals surface area contributed by atoms with Crippen LogP contribution in [0.3, 0.4) is 0 Å². The van der Waals surface area contributed by atoms with Gasteiger partial charge in [0.2, 0.25) is 9.84 Å². The molecule has 0 atom stereocenters. The van der Waals surface area contributed by atoms with Crippen LogP contribution in [0.4, 0.5) is 23.4 Å². The number of pyridine rings is 1. The normalized spacial score (nSPS) is 12.3. The Hall–Kier alpha value is -5.36. The van der Waals surface area contributed by atoms with Crippen LogP contribution in [0.25, 0.3) is 11.0 Å². The van der Waals surface area contributed by atoms with Crippen LogP contribution in [0.5, 0.6) is 0 Å². The van der Waals surface area contributed by atoms with Gasteiger partial charge in [-0.25, -0.2) is 22.5 Å². The van der Waals surface area contributed by atoms with Crippen LogP contribution in [0, 0.1) is 5.82 Å². The number of nitrogens with zero attached hydrogens (tertiary/aromatic N) is 3. The van der Waals surface area contributed by atoms with E-state index in [0.29, 0.717) is 16.7 Å². The Kier molecular flexibility index (Phi) is 7.45. The monoisotopic (exact) mass is 630 g/mol. The van der Waals surface area contributed by atoms with E-state index in [9.17, 15) is 30.8 Å². The summed E-state index contributed by atoms with van der Waals surface area (Å²) in [5.74, 6) is -3.67. The average Bonchev–Trinajstić information content (AvgIpc) is 3.40. The molecule has 45 heavy (non-hydrogen) atoms. The van der Waals surface area contributed by atoms with Crippen LogP contribution in [-0.4, -0.2) is 35.3 Å². The number of amides is 1. The summed E-state index contributed by atoms with van der Waals surface area (Å²) >= 11 is 0. The summed E-state index contributed by atoms with van der Waals surface area (Å²) in [6.45, 7) is 0. The maximum atomic E-state index is 14.0. The number of hydrogen-bond acceptors (Lipinski definition) is 5. The minimum Gasteiger partial charge on any atom is -0.301 e. The lowest BCUT2D eigenvalue weighted by Gasteiger charge is -2.36. The summed E-state index contributed by atoms with van der Waals surface area (Å²) in [6, 6.07) is 32.5. The molecule has 6 rings (SSSR count). The summed E-state index contributed by atoms with van der Waals surface area (Å²) in [6.07, 6.45) is -4.24. The summed E-state index contributed by atoms with van der Waals surface area (Å²) < 4.78 is 82.8. The van der Waals surface area contributed by atoms with E-state index in [2.05, 4.69) is 10.1 Å². The van der Waals surface area contributed by atoms with Gasteiger partial charge >= 0.3 is 12.1 Å². The number of sulfone groups is 1. The molecule has 12 heteroatoms. The highest BCUT2D eigenvalue weighted by atomic mass is 32.2. The first-order chi connectivity index (χ1) is 21.5. The van der Waals surface area contributed by atoms with Gasteiger partial charge in [-0.2, -0.15) is 18.3 Å². The second kappa shape index (κ2) is 11.3. The van der Waals surface area contributed by atoms with Crippen LogP contribution in [0.15, 0.2) is 137 Å². The van der Waals surface area contributed by atoms with E-state index < -0.39 is 44.0 Å². The van der Waals surface area contributed by atoms with Crippen molar-refractivity contribution in [3.63, 3.8) is 0 Å². The molecule has 0 fully saturated rings. The number of hydrogen-bond donors (Lipinski definition) is 1. The van der Waals surface area contributed by atoms with Crippen LogP contribution in [0.2, 0.25) is 0 Å². The van der Waals surface area contributed by atoms with Gasteiger partial charge in [-0.1, -0.05) is 97.1 Å². The van der Waals surface area contributed by atoms with Crippen molar-refractivity contribution in [1.29, 1.82) is 0 Å². The molecule has 1 amide bonds. The van der Waals surface area contributed by atoms with Crippen molar-refractivity contribution in [3.05, 3.63) is 150 Å². The predicted octanol–water partition coefficient (Wildman–Crippen LogP) is 6.74. The minimum absolute atomic E-state index is 0.0257. The van der Waals surface area contributed by atoms with Crippen LogP contribution >= 0.6 is 0 Å². The zero-order valence-corrected chi connectivity index (χ0v) is 23.9. The number of benzene rings is 4.